The lowest BCUT2D eigenvalue weighted by Gasteiger charge is -2.04. The second-order valence-electron chi connectivity index (χ2n) is 9.30. The van der Waals surface area contributed by atoms with E-state index >= 15 is 0 Å². The number of amides is 1. The molecule has 30 heavy (non-hydrogen) atoms. The van der Waals surface area contributed by atoms with E-state index in [1.54, 1.807) is 0 Å². The van der Waals surface area contributed by atoms with Crippen molar-refractivity contribution in [2.45, 2.75) is 161 Å². The average molecular weight is 426 g/mol. The lowest BCUT2D eigenvalue weighted by Crippen LogP contribution is -2.13. The van der Waals surface area contributed by atoms with Crippen LogP contribution in [0.2, 0.25) is 0 Å². The first-order valence-corrected chi connectivity index (χ1v) is 13.7. The maximum atomic E-state index is 10.4. The fourth-order valence-corrected chi connectivity index (χ4v) is 4.24. The zero-order valence-corrected chi connectivity index (χ0v) is 20.6. The van der Waals surface area contributed by atoms with Crippen LogP contribution in [0.3, 0.4) is 0 Å². The molecule has 0 aliphatic carbocycles. The molecule has 1 amide bonds. The molecule has 0 aliphatic heterocycles. The van der Waals surface area contributed by atoms with Crippen molar-refractivity contribution in [1.82, 2.24) is 0 Å². The molecule has 0 heterocycles. The maximum Gasteiger partial charge on any atom is 0.404 e. The normalized spacial score (nSPS) is 11.1. The van der Waals surface area contributed by atoms with Gasteiger partial charge in [-0.05, 0) is 6.42 Å². The number of hydrogen-bond donors (Lipinski definition) is 1. The molecule has 0 saturated heterocycles. The molecule has 0 rings (SSSR count). The predicted octanol–water partition coefficient (Wildman–Crippen LogP) is 9.46. The Labute approximate surface area is 189 Å². The van der Waals surface area contributed by atoms with E-state index in [9.17, 15) is 4.79 Å². The molecule has 0 fully saturated rings. The molecule has 0 aliphatic rings. The van der Waals surface area contributed by atoms with E-state index in [1.807, 2.05) is 0 Å². The quantitative estimate of drug-likeness (QED) is 0.148. The lowest BCUT2D eigenvalue weighted by atomic mass is 10.0. The van der Waals surface area contributed by atoms with Crippen LogP contribution in [-0.4, -0.2) is 12.7 Å². The van der Waals surface area contributed by atoms with Crippen LogP contribution in [0.4, 0.5) is 4.79 Å². The van der Waals surface area contributed by atoms with Crippen molar-refractivity contribution < 1.29 is 9.53 Å². The van der Waals surface area contributed by atoms with Crippen LogP contribution >= 0.6 is 0 Å². The van der Waals surface area contributed by atoms with E-state index in [4.69, 9.17) is 10.5 Å². The number of ether oxygens (including phenoxy) is 1. The van der Waals surface area contributed by atoms with Gasteiger partial charge in [0.15, 0.2) is 0 Å². The van der Waals surface area contributed by atoms with Crippen molar-refractivity contribution in [3.8, 4) is 0 Å². The Kier molecular flexibility index (Phi) is 25.7. The molecule has 3 heteroatoms. The van der Waals surface area contributed by atoms with Gasteiger partial charge < -0.3 is 10.5 Å². The summed E-state index contributed by atoms with van der Waals surface area (Å²) in [6.45, 7) is 2.77. The van der Waals surface area contributed by atoms with Gasteiger partial charge in [0, 0.05) is 0 Å². The summed E-state index contributed by atoms with van der Waals surface area (Å²) in [7, 11) is 0. The first-order valence-electron chi connectivity index (χ1n) is 13.7. The van der Waals surface area contributed by atoms with Crippen LogP contribution in [0.5, 0.6) is 0 Å². The summed E-state index contributed by atoms with van der Waals surface area (Å²) in [4.78, 5) is 10.4. The molecular formula is C27H55NO2. The number of nitrogens with two attached hydrogens (primary N) is 1. The zero-order valence-electron chi connectivity index (χ0n) is 20.6. The Morgan fingerprint density at radius 2 is 0.700 bits per heavy atom. The van der Waals surface area contributed by atoms with Crippen molar-refractivity contribution in [2.75, 3.05) is 6.61 Å². The van der Waals surface area contributed by atoms with Gasteiger partial charge in [0.1, 0.15) is 0 Å². The second kappa shape index (κ2) is 26.3. The van der Waals surface area contributed by atoms with E-state index in [0.717, 1.165) is 12.8 Å². The largest absolute Gasteiger partial charge is 0.450 e. The third-order valence-corrected chi connectivity index (χ3v) is 6.24. The number of primary amides is 1. The molecule has 0 atom stereocenters. The van der Waals surface area contributed by atoms with E-state index in [0.29, 0.717) is 6.61 Å². The van der Waals surface area contributed by atoms with E-state index in [-0.39, 0.29) is 0 Å². The molecule has 180 valence electrons. The molecular weight excluding hydrogens is 370 g/mol. The molecule has 0 spiro atoms. The molecule has 3 nitrogen and oxygen atoms in total. The molecule has 0 aromatic heterocycles. The van der Waals surface area contributed by atoms with Crippen molar-refractivity contribution in [2.24, 2.45) is 5.73 Å². The average Bonchev–Trinajstić information content (AvgIpc) is 2.73. The molecule has 0 unspecified atom stereocenters. The van der Waals surface area contributed by atoms with Crippen LogP contribution in [0.25, 0.3) is 0 Å². The van der Waals surface area contributed by atoms with Crippen LogP contribution in [-0.2, 0) is 4.74 Å². The highest BCUT2D eigenvalue weighted by Crippen LogP contribution is 2.15. The minimum atomic E-state index is -0.649. The Hall–Kier alpha value is -0.730. The van der Waals surface area contributed by atoms with Crippen LogP contribution in [0.1, 0.15) is 161 Å². The van der Waals surface area contributed by atoms with Gasteiger partial charge in [0.05, 0.1) is 6.61 Å². The highest BCUT2D eigenvalue weighted by atomic mass is 16.5. The first kappa shape index (κ1) is 29.3. The highest BCUT2D eigenvalue weighted by Gasteiger charge is 1.97. The van der Waals surface area contributed by atoms with Gasteiger partial charge in [0.25, 0.3) is 0 Å². The van der Waals surface area contributed by atoms with Crippen LogP contribution in [0.15, 0.2) is 0 Å². The minimum absolute atomic E-state index is 0.481. The summed E-state index contributed by atoms with van der Waals surface area (Å²) in [5.41, 5.74) is 4.93. The Morgan fingerprint density at radius 3 is 0.933 bits per heavy atom. The molecule has 0 bridgehead atoms. The number of carbonyl (C=O) groups excluding carboxylic acids is 1. The standard InChI is InChI=1S/C27H55NO2/c1-2-3-4-5-6-7-8-9-10-11-12-13-14-15-16-17-18-19-20-21-22-23-24-25-26-30-27(28)29/h2-26H2,1H3,(H2,28,29). The number of rotatable bonds is 25. The summed E-state index contributed by atoms with van der Waals surface area (Å²) < 4.78 is 4.73. The monoisotopic (exact) mass is 425 g/mol. The molecule has 0 aromatic rings. The van der Waals surface area contributed by atoms with E-state index in [1.165, 1.54) is 141 Å². The summed E-state index contributed by atoms with van der Waals surface area (Å²) in [6, 6.07) is 0. The first-order chi connectivity index (χ1) is 14.8. The summed E-state index contributed by atoms with van der Waals surface area (Å²) in [6.07, 6.45) is 32.8. The topological polar surface area (TPSA) is 52.3 Å². The number of unbranched alkanes of at least 4 members (excludes halogenated alkanes) is 23. The second-order valence-corrected chi connectivity index (χ2v) is 9.30. The number of hydrogen-bond acceptors (Lipinski definition) is 2. The minimum Gasteiger partial charge on any atom is -0.450 e. The van der Waals surface area contributed by atoms with Crippen LogP contribution in [0, 0.1) is 0 Å². The fourth-order valence-electron chi connectivity index (χ4n) is 4.24. The van der Waals surface area contributed by atoms with Crippen LogP contribution < -0.4 is 5.73 Å². The lowest BCUT2D eigenvalue weighted by molar-refractivity contribution is 0.154. The molecule has 2 N–H and O–H groups in total. The maximum absolute atomic E-state index is 10.4. The summed E-state index contributed by atoms with van der Waals surface area (Å²) in [5, 5.41) is 0. The van der Waals surface area contributed by atoms with Gasteiger partial charge in [0.2, 0.25) is 0 Å². The Morgan fingerprint density at radius 1 is 0.467 bits per heavy atom. The highest BCUT2D eigenvalue weighted by molar-refractivity contribution is 5.64. The van der Waals surface area contributed by atoms with Gasteiger partial charge in [-0.15, -0.1) is 0 Å². The van der Waals surface area contributed by atoms with Crippen molar-refractivity contribution in [1.29, 1.82) is 0 Å². The third kappa shape index (κ3) is 27.3. The van der Waals surface area contributed by atoms with Gasteiger partial charge in [-0.3, -0.25) is 0 Å². The number of carbonyl (C=O) groups is 1. The van der Waals surface area contributed by atoms with Crippen molar-refractivity contribution in [3.05, 3.63) is 0 Å². The van der Waals surface area contributed by atoms with E-state index in [2.05, 4.69) is 6.92 Å². The third-order valence-electron chi connectivity index (χ3n) is 6.24. The molecule has 0 saturated carbocycles. The van der Waals surface area contributed by atoms with E-state index < -0.39 is 6.09 Å². The molecule has 0 aromatic carbocycles. The Balaban J connectivity index is 2.99. The SMILES string of the molecule is CCCCCCCCCCCCCCCCCCCCCCCCCCOC(N)=O. The smallest absolute Gasteiger partial charge is 0.404 e. The molecule has 0 radical (unpaired) electrons. The predicted molar refractivity (Wildman–Crippen MR) is 132 cm³/mol. The van der Waals surface area contributed by atoms with Crippen molar-refractivity contribution in [3.63, 3.8) is 0 Å². The van der Waals surface area contributed by atoms with Gasteiger partial charge in [-0.1, -0.05) is 155 Å². The fraction of sp³-hybridized carbons (Fsp3) is 0.963. The zero-order chi connectivity index (χ0) is 22.0. The summed E-state index contributed by atoms with van der Waals surface area (Å²) in [5.74, 6) is 0. The van der Waals surface area contributed by atoms with Crippen molar-refractivity contribution >= 4 is 6.09 Å². The van der Waals surface area contributed by atoms with Gasteiger partial charge >= 0.3 is 6.09 Å². The van der Waals surface area contributed by atoms with Gasteiger partial charge in [-0.2, -0.15) is 0 Å². The Bertz CT molecular complexity index is 333. The van der Waals surface area contributed by atoms with Gasteiger partial charge in [-0.25, -0.2) is 4.79 Å². The summed E-state index contributed by atoms with van der Waals surface area (Å²) >= 11 is 0.